The lowest BCUT2D eigenvalue weighted by Crippen LogP contribution is -2.34. The molecule has 0 amide bonds. The van der Waals surface area contributed by atoms with Crippen molar-refractivity contribution in [3.8, 4) is 0 Å². The molecule has 1 atom stereocenters. The zero-order valence-corrected chi connectivity index (χ0v) is 12.6. The highest BCUT2D eigenvalue weighted by Crippen LogP contribution is 2.31. The highest BCUT2D eigenvalue weighted by Gasteiger charge is 2.24. The molecule has 0 aromatic carbocycles. The van der Waals surface area contributed by atoms with E-state index in [1.165, 1.54) is 0 Å². The molecule has 2 aromatic heterocycles. The Morgan fingerprint density at radius 1 is 1.19 bits per heavy atom. The summed E-state index contributed by atoms with van der Waals surface area (Å²) in [6.07, 6.45) is 9.93. The third kappa shape index (κ3) is 2.78. The number of nitrogens with zero attached hydrogens (tertiary/aromatic N) is 3. The largest absolute Gasteiger partial charge is 0.331 e. The maximum atomic E-state index is 11.4. The number of pyridine rings is 2. The summed E-state index contributed by atoms with van der Waals surface area (Å²) in [5.41, 5.74) is 2.64. The number of carbonyl (C=O) groups excluding carboxylic acids is 1. The van der Waals surface area contributed by atoms with Gasteiger partial charge in [-0.15, -0.1) is 0 Å². The van der Waals surface area contributed by atoms with Gasteiger partial charge >= 0.3 is 0 Å². The van der Waals surface area contributed by atoms with Gasteiger partial charge in [0.2, 0.25) is 0 Å². The second-order valence-electron chi connectivity index (χ2n) is 4.53. The van der Waals surface area contributed by atoms with Gasteiger partial charge < -0.3 is 9.69 Å². The van der Waals surface area contributed by atoms with E-state index in [0.717, 1.165) is 27.7 Å². The summed E-state index contributed by atoms with van der Waals surface area (Å²) < 4.78 is 0.796. The standard InChI is InChI=1S/C16H12BrN3O/c17-14-8-12(15-5-1-2-7-19-15)10-20(16(14)11-21)13-4-3-6-18-9-13/h1-11,16H. The fourth-order valence-corrected chi connectivity index (χ4v) is 2.76. The van der Waals surface area contributed by atoms with Crippen LogP contribution in [0, 0.1) is 0 Å². The highest BCUT2D eigenvalue weighted by molar-refractivity contribution is 9.11. The van der Waals surface area contributed by atoms with Gasteiger partial charge in [-0.25, -0.2) is 0 Å². The van der Waals surface area contributed by atoms with Crippen LogP contribution in [0.3, 0.4) is 0 Å². The predicted octanol–water partition coefficient (Wildman–Crippen LogP) is 3.18. The zero-order chi connectivity index (χ0) is 14.7. The Balaban J connectivity index is 2.06. The Bertz CT molecular complexity index is 698. The number of rotatable bonds is 3. The number of carbonyl (C=O) groups is 1. The van der Waals surface area contributed by atoms with Gasteiger partial charge in [-0.3, -0.25) is 9.97 Å². The van der Waals surface area contributed by atoms with Crippen molar-refractivity contribution >= 4 is 33.5 Å². The summed E-state index contributed by atoms with van der Waals surface area (Å²) in [7, 11) is 0. The second kappa shape index (κ2) is 6.01. The van der Waals surface area contributed by atoms with Crippen LogP contribution in [-0.4, -0.2) is 22.3 Å². The molecular formula is C16H12BrN3O. The molecule has 0 aliphatic carbocycles. The Labute approximate surface area is 131 Å². The van der Waals surface area contributed by atoms with E-state index in [4.69, 9.17) is 0 Å². The molecule has 0 N–H and O–H groups in total. The fraction of sp³-hybridized carbons (Fsp3) is 0.0625. The van der Waals surface area contributed by atoms with Gasteiger partial charge in [-0.2, -0.15) is 0 Å². The van der Waals surface area contributed by atoms with Crippen LogP contribution < -0.4 is 4.90 Å². The lowest BCUT2D eigenvalue weighted by Gasteiger charge is -2.30. The number of aldehydes is 1. The molecule has 0 bridgehead atoms. The van der Waals surface area contributed by atoms with Crippen molar-refractivity contribution in [1.82, 2.24) is 9.97 Å². The normalized spacial score (nSPS) is 18.0. The number of hydrogen-bond acceptors (Lipinski definition) is 4. The lowest BCUT2D eigenvalue weighted by atomic mass is 10.1. The monoisotopic (exact) mass is 341 g/mol. The molecule has 2 aromatic rings. The molecule has 21 heavy (non-hydrogen) atoms. The Hall–Kier alpha value is -2.27. The van der Waals surface area contributed by atoms with E-state index >= 15 is 0 Å². The predicted molar refractivity (Wildman–Crippen MR) is 85.8 cm³/mol. The molecule has 1 unspecified atom stereocenters. The van der Waals surface area contributed by atoms with Crippen molar-refractivity contribution in [3.05, 3.63) is 71.4 Å². The smallest absolute Gasteiger partial charge is 0.147 e. The molecule has 0 fully saturated rings. The molecule has 0 saturated heterocycles. The minimum absolute atomic E-state index is 0.387. The first-order valence-electron chi connectivity index (χ1n) is 6.43. The van der Waals surface area contributed by atoms with Gasteiger partial charge in [0.1, 0.15) is 12.3 Å². The van der Waals surface area contributed by atoms with Gasteiger partial charge in [-0.05, 0) is 30.3 Å². The van der Waals surface area contributed by atoms with Crippen LogP contribution in [0.2, 0.25) is 0 Å². The molecule has 104 valence electrons. The van der Waals surface area contributed by atoms with Crippen LogP contribution in [0.25, 0.3) is 5.57 Å². The maximum absolute atomic E-state index is 11.4. The third-order valence-electron chi connectivity index (χ3n) is 3.19. The third-order valence-corrected chi connectivity index (χ3v) is 3.89. The van der Waals surface area contributed by atoms with E-state index in [9.17, 15) is 4.79 Å². The van der Waals surface area contributed by atoms with Crippen molar-refractivity contribution in [2.24, 2.45) is 0 Å². The van der Waals surface area contributed by atoms with Gasteiger partial charge in [0.25, 0.3) is 0 Å². The van der Waals surface area contributed by atoms with Crippen LogP contribution >= 0.6 is 15.9 Å². The molecule has 4 nitrogen and oxygen atoms in total. The average Bonchev–Trinajstić information content (AvgIpc) is 2.55. The molecule has 3 rings (SSSR count). The van der Waals surface area contributed by atoms with Crippen LogP contribution in [0.15, 0.2) is 65.7 Å². The Morgan fingerprint density at radius 2 is 2.10 bits per heavy atom. The van der Waals surface area contributed by atoms with Gasteiger partial charge in [0, 0.05) is 28.6 Å². The summed E-state index contributed by atoms with van der Waals surface area (Å²) in [6.45, 7) is 0. The van der Waals surface area contributed by atoms with E-state index in [1.54, 1.807) is 18.6 Å². The molecule has 1 aliphatic heterocycles. The minimum atomic E-state index is -0.387. The Morgan fingerprint density at radius 3 is 2.76 bits per heavy atom. The molecule has 5 heteroatoms. The molecular weight excluding hydrogens is 330 g/mol. The molecule has 3 heterocycles. The van der Waals surface area contributed by atoms with Crippen LogP contribution in [0.5, 0.6) is 0 Å². The molecule has 0 spiro atoms. The SMILES string of the molecule is O=CC1C(Br)=CC(c2ccccn2)=CN1c1cccnc1. The quantitative estimate of drug-likeness (QED) is 0.804. The van der Waals surface area contributed by atoms with Crippen molar-refractivity contribution in [1.29, 1.82) is 0 Å². The van der Waals surface area contributed by atoms with E-state index < -0.39 is 0 Å². The van der Waals surface area contributed by atoms with E-state index in [0.29, 0.717) is 0 Å². The van der Waals surface area contributed by atoms with E-state index in [1.807, 2.05) is 47.5 Å². The summed E-state index contributed by atoms with van der Waals surface area (Å²) in [4.78, 5) is 21.8. The number of hydrogen-bond donors (Lipinski definition) is 0. The van der Waals surface area contributed by atoms with Gasteiger partial charge in [-0.1, -0.05) is 22.0 Å². The van der Waals surface area contributed by atoms with Gasteiger partial charge in [0.05, 0.1) is 17.6 Å². The fourth-order valence-electron chi connectivity index (χ4n) is 2.18. The van der Waals surface area contributed by atoms with Crippen molar-refractivity contribution < 1.29 is 4.79 Å². The molecule has 0 saturated carbocycles. The van der Waals surface area contributed by atoms with Crippen molar-refractivity contribution in [2.75, 3.05) is 4.90 Å². The maximum Gasteiger partial charge on any atom is 0.147 e. The van der Waals surface area contributed by atoms with Crippen LogP contribution in [0.4, 0.5) is 5.69 Å². The topological polar surface area (TPSA) is 46.1 Å². The minimum Gasteiger partial charge on any atom is -0.331 e. The number of halogens is 1. The second-order valence-corrected chi connectivity index (χ2v) is 5.44. The summed E-state index contributed by atoms with van der Waals surface area (Å²) >= 11 is 3.49. The number of anilines is 1. The Kier molecular flexibility index (Phi) is 3.92. The van der Waals surface area contributed by atoms with E-state index in [2.05, 4.69) is 25.9 Å². The van der Waals surface area contributed by atoms with E-state index in [-0.39, 0.29) is 6.04 Å². The first kappa shape index (κ1) is 13.7. The highest BCUT2D eigenvalue weighted by atomic mass is 79.9. The lowest BCUT2D eigenvalue weighted by molar-refractivity contribution is -0.108. The number of aromatic nitrogens is 2. The summed E-state index contributed by atoms with van der Waals surface area (Å²) in [5, 5.41) is 0. The van der Waals surface area contributed by atoms with Crippen molar-refractivity contribution in [3.63, 3.8) is 0 Å². The molecule has 0 radical (unpaired) electrons. The first-order valence-corrected chi connectivity index (χ1v) is 7.23. The average molecular weight is 342 g/mol. The summed E-state index contributed by atoms with van der Waals surface area (Å²) in [6, 6.07) is 9.12. The van der Waals surface area contributed by atoms with Gasteiger partial charge in [0.15, 0.2) is 0 Å². The molecule has 1 aliphatic rings. The first-order chi connectivity index (χ1) is 10.3. The zero-order valence-electron chi connectivity index (χ0n) is 11.1. The summed E-state index contributed by atoms with van der Waals surface area (Å²) in [5.74, 6) is 0. The van der Waals surface area contributed by atoms with Crippen molar-refractivity contribution in [2.45, 2.75) is 6.04 Å². The van der Waals surface area contributed by atoms with Crippen LogP contribution in [-0.2, 0) is 4.79 Å². The van der Waals surface area contributed by atoms with Crippen LogP contribution in [0.1, 0.15) is 5.69 Å². The number of allylic oxidation sites excluding steroid dienone is 2.